The van der Waals surface area contributed by atoms with Crippen molar-refractivity contribution in [1.29, 1.82) is 0 Å². The van der Waals surface area contributed by atoms with Gasteiger partial charge in [0, 0.05) is 12.5 Å². The van der Waals surface area contributed by atoms with Gasteiger partial charge in [-0.15, -0.1) is 11.3 Å². The van der Waals surface area contributed by atoms with Crippen LogP contribution in [0.3, 0.4) is 0 Å². The summed E-state index contributed by atoms with van der Waals surface area (Å²) in [5.74, 6) is -0.415. The zero-order valence-corrected chi connectivity index (χ0v) is 10.9. The van der Waals surface area contributed by atoms with Crippen molar-refractivity contribution in [3.05, 3.63) is 11.1 Å². The molecule has 104 valence electrons. The van der Waals surface area contributed by atoms with Crippen molar-refractivity contribution in [2.45, 2.75) is 25.6 Å². The summed E-state index contributed by atoms with van der Waals surface area (Å²) in [6.45, 7) is 1.71. The third kappa shape index (κ3) is 2.76. The largest absolute Gasteiger partial charge is 0.434 e. The van der Waals surface area contributed by atoms with Crippen molar-refractivity contribution in [1.82, 2.24) is 4.98 Å². The number of hydrogen-bond acceptors (Lipinski definition) is 5. The fourth-order valence-electron chi connectivity index (χ4n) is 1.45. The number of halogens is 3. The number of rotatable bonds is 3. The second-order valence-electron chi connectivity index (χ2n) is 3.86. The summed E-state index contributed by atoms with van der Waals surface area (Å²) in [5.41, 5.74) is -0.556. The average molecular weight is 293 g/mol. The predicted octanol–water partition coefficient (Wildman–Crippen LogP) is 2.29. The van der Waals surface area contributed by atoms with E-state index >= 15 is 0 Å². The van der Waals surface area contributed by atoms with Crippen LogP contribution in [0.25, 0.3) is 0 Å². The van der Waals surface area contributed by atoms with Crippen LogP contribution in [-0.2, 0) is 15.7 Å². The van der Waals surface area contributed by atoms with Gasteiger partial charge in [0.15, 0.2) is 5.69 Å². The lowest BCUT2D eigenvalue weighted by atomic mass is 10.2. The zero-order valence-electron chi connectivity index (χ0n) is 10.1. The fourth-order valence-corrected chi connectivity index (χ4v) is 2.25. The number of hydrogen-bond donors (Lipinski definition) is 0. The Balaban J connectivity index is 2.25. The van der Waals surface area contributed by atoms with Gasteiger partial charge in [-0.2, -0.15) is 23.3 Å². The molecule has 9 heteroatoms. The predicted molar refractivity (Wildman–Crippen MR) is 63.1 cm³/mol. The quantitative estimate of drug-likeness (QED) is 0.859. The SMILES string of the molecule is COC(C)C1=NN(c2nc(C(F)(F)F)cs2)C(=O)C1. The lowest BCUT2D eigenvalue weighted by Gasteiger charge is -2.07. The maximum atomic E-state index is 12.4. The van der Waals surface area contributed by atoms with E-state index in [1.54, 1.807) is 6.92 Å². The van der Waals surface area contributed by atoms with Crippen LogP contribution in [0.15, 0.2) is 10.5 Å². The van der Waals surface area contributed by atoms with Gasteiger partial charge in [-0.25, -0.2) is 4.98 Å². The second-order valence-corrected chi connectivity index (χ2v) is 4.70. The molecule has 5 nitrogen and oxygen atoms in total. The minimum Gasteiger partial charge on any atom is -0.376 e. The van der Waals surface area contributed by atoms with Crippen LogP contribution >= 0.6 is 11.3 Å². The first-order valence-corrected chi connectivity index (χ1v) is 6.16. The summed E-state index contributed by atoms with van der Waals surface area (Å²) in [6, 6.07) is 0. The van der Waals surface area contributed by atoms with Crippen molar-refractivity contribution in [3.8, 4) is 0 Å². The van der Waals surface area contributed by atoms with Crippen LogP contribution in [-0.4, -0.2) is 29.8 Å². The van der Waals surface area contributed by atoms with E-state index in [-0.39, 0.29) is 17.7 Å². The number of alkyl halides is 3. The van der Waals surface area contributed by atoms with Crippen molar-refractivity contribution >= 4 is 28.1 Å². The normalized spacial score (nSPS) is 17.8. The van der Waals surface area contributed by atoms with E-state index in [4.69, 9.17) is 4.74 Å². The van der Waals surface area contributed by atoms with Crippen LogP contribution in [0.4, 0.5) is 18.3 Å². The summed E-state index contributed by atoms with van der Waals surface area (Å²) >= 11 is 0.725. The Morgan fingerprint density at radius 3 is 2.74 bits per heavy atom. The molecule has 0 spiro atoms. The highest BCUT2D eigenvalue weighted by Gasteiger charge is 2.36. The van der Waals surface area contributed by atoms with E-state index in [9.17, 15) is 18.0 Å². The number of carbonyl (C=O) groups is 1. The summed E-state index contributed by atoms with van der Waals surface area (Å²) in [7, 11) is 1.46. The molecule has 0 aliphatic carbocycles. The van der Waals surface area contributed by atoms with Gasteiger partial charge >= 0.3 is 6.18 Å². The topological polar surface area (TPSA) is 54.8 Å². The second kappa shape index (κ2) is 4.89. The van der Waals surface area contributed by atoms with Gasteiger partial charge in [-0.1, -0.05) is 0 Å². The average Bonchev–Trinajstić information content (AvgIpc) is 2.93. The van der Waals surface area contributed by atoms with Gasteiger partial charge in [-0.3, -0.25) is 4.79 Å². The van der Waals surface area contributed by atoms with Crippen molar-refractivity contribution < 1.29 is 22.7 Å². The molecule has 1 aliphatic heterocycles. The first-order valence-electron chi connectivity index (χ1n) is 5.28. The van der Waals surface area contributed by atoms with E-state index in [0.29, 0.717) is 5.71 Å². The van der Waals surface area contributed by atoms with Gasteiger partial charge in [0.25, 0.3) is 5.91 Å². The van der Waals surface area contributed by atoms with Crippen molar-refractivity contribution in [3.63, 3.8) is 0 Å². The highest BCUT2D eigenvalue weighted by atomic mass is 32.1. The van der Waals surface area contributed by atoms with Gasteiger partial charge in [0.05, 0.1) is 18.2 Å². The van der Waals surface area contributed by atoms with Gasteiger partial charge < -0.3 is 4.74 Å². The Morgan fingerprint density at radius 2 is 2.21 bits per heavy atom. The number of amides is 1. The molecule has 1 amide bonds. The number of nitrogens with zero attached hydrogens (tertiary/aromatic N) is 3. The summed E-state index contributed by atoms with van der Waals surface area (Å²) in [6.07, 6.45) is -4.86. The fraction of sp³-hybridized carbons (Fsp3) is 0.500. The van der Waals surface area contributed by atoms with E-state index in [0.717, 1.165) is 21.7 Å². The number of thiazole rings is 1. The van der Waals surface area contributed by atoms with Gasteiger partial charge in [-0.05, 0) is 6.92 Å². The number of aromatic nitrogens is 1. The standard InChI is InChI=1S/C10H10F3N3O2S/c1-5(18-2)6-3-8(17)16(15-6)9-14-7(4-19-9)10(11,12)13/h4-5H,3H2,1-2H3. The molecular formula is C10H10F3N3O2S. The Labute approximate surface area is 110 Å². The molecule has 0 radical (unpaired) electrons. The molecule has 1 aromatic heterocycles. The molecule has 19 heavy (non-hydrogen) atoms. The number of methoxy groups -OCH3 is 1. The van der Waals surface area contributed by atoms with Crippen LogP contribution in [0.2, 0.25) is 0 Å². The Morgan fingerprint density at radius 1 is 1.53 bits per heavy atom. The summed E-state index contributed by atoms with van der Waals surface area (Å²) < 4.78 is 42.3. The molecule has 0 saturated carbocycles. The minimum atomic E-state index is -4.52. The molecule has 0 fully saturated rings. The molecule has 0 saturated heterocycles. The molecule has 1 aromatic rings. The van der Waals surface area contributed by atoms with E-state index in [2.05, 4.69) is 10.1 Å². The Kier molecular flexibility index (Phi) is 3.59. The third-order valence-electron chi connectivity index (χ3n) is 2.58. The highest BCUT2D eigenvalue weighted by molar-refractivity contribution is 7.14. The molecule has 1 aliphatic rings. The van der Waals surface area contributed by atoms with E-state index in [1.807, 2.05) is 0 Å². The Hall–Kier alpha value is -1.48. The maximum absolute atomic E-state index is 12.4. The van der Waals surface area contributed by atoms with E-state index in [1.165, 1.54) is 7.11 Å². The molecule has 2 rings (SSSR count). The number of ether oxygens (including phenoxy) is 1. The molecule has 0 bridgehead atoms. The monoisotopic (exact) mass is 293 g/mol. The summed E-state index contributed by atoms with van der Waals surface area (Å²) in [5, 5.41) is 5.62. The first-order chi connectivity index (χ1) is 8.82. The highest BCUT2D eigenvalue weighted by Crippen LogP contribution is 2.34. The number of carbonyl (C=O) groups excluding carboxylic acids is 1. The van der Waals surface area contributed by atoms with Crippen LogP contribution < -0.4 is 5.01 Å². The van der Waals surface area contributed by atoms with Crippen molar-refractivity contribution in [2.24, 2.45) is 5.10 Å². The molecule has 1 unspecified atom stereocenters. The number of anilines is 1. The lowest BCUT2D eigenvalue weighted by Crippen LogP contribution is -2.20. The molecule has 0 aromatic carbocycles. The molecule has 1 atom stereocenters. The third-order valence-corrected chi connectivity index (χ3v) is 3.40. The molecule has 2 heterocycles. The Bertz CT molecular complexity index is 526. The van der Waals surface area contributed by atoms with E-state index < -0.39 is 17.8 Å². The van der Waals surface area contributed by atoms with Crippen LogP contribution in [0, 0.1) is 0 Å². The van der Waals surface area contributed by atoms with Gasteiger partial charge in [0.1, 0.15) is 0 Å². The zero-order chi connectivity index (χ0) is 14.2. The maximum Gasteiger partial charge on any atom is 0.434 e. The first kappa shape index (κ1) is 13.9. The smallest absolute Gasteiger partial charge is 0.376 e. The van der Waals surface area contributed by atoms with Crippen molar-refractivity contribution in [2.75, 3.05) is 12.1 Å². The molecular weight excluding hydrogens is 283 g/mol. The summed E-state index contributed by atoms with van der Waals surface area (Å²) in [4.78, 5) is 15.1. The minimum absolute atomic E-state index is 0.0237. The van der Waals surface area contributed by atoms with Crippen LogP contribution in [0.1, 0.15) is 19.0 Å². The van der Waals surface area contributed by atoms with Crippen LogP contribution in [0.5, 0.6) is 0 Å². The van der Waals surface area contributed by atoms with Gasteiger partial charge in [0.2, 0.25) is 5.13 Å². The molecule has 0 N–H and O–H groups in total. The lowest BCUT2D eigenvalue weighted by molar-refractivity contribution is -0.140. The number of hydrazone groups is 1.